The van der Waals surface area contributed by atoms with Crippen molar-refractivity contribution in [1.29, 1.82) is 0 Å². The Hall–Kier alpha value is -2.35. The molecule has 1 aliphatic heterocycles. The number of amidine groups is 1. The number of nitrogens with two attached hydrogens (primary N) is 1. The van der Waals surface area contributed by atoms with Crippen LogP contribution in [0.25, 0.3) is 0 Å². The number of aromatic nitrogens is 1. The van der Waals surface area contributed by atoms with E-state index in [-0.39, 0.29) is 24.0 Å². The molecule has 132 valence electrons. The monoisotopic (exact) mass is 335 g/mol. The highest BCUT2D eigenvalue weighted by molar-refractivity contribution is 5.86. The minimum atomic E-state index is -0.527. The number of nitrogens with zero attached hydrogens (tertiary/aromatic N) is 4. The lowest BCUT2D eigenvalue weighted by molar-refractivity contribution is -0.00896. The fraction of sp³-hybridized carbons (Fsp3) is 0.562. The van der Waals surface area contributed by atoms with E-state index in [1.807, 2.05) is 31.7 Å². The zero-order valence-corrected chi connectivity index (χ0v) is 14.5. The summed E-state index contributed by atoms with van der Waals surface area (Å²) >= 11 is 0. The number of hydrogen-bond donors (Lipinski definition) is 2. The molecule has 8 nitrogen and oxygen atoms in total. The van der Waals surface area contributed by atoms with Crippen molar-refractivity contribution in [3.05, 3.63) is 30.1 Å². The molecule has 1 aliphatic rings. The smallest absolute Gasteiger partial charge is 0.410 e. The van der Waals surface area contributed by atoms with Gasteiger partial charge < -0.3 is 20.6 Å². The van der Waals surface area contributed by atoms with Crippen LogP contribution in [-0.2, 0) is 4.74 Å². The number of likely N-dealkylation sites (N-methyl/N-ethyl adjacent to an activating group) is 1. The number of hydrogen-bond acceptors (Lipinski definition) is 6. The molecular formula is C16H25N5O3. The van der Waals surface area contributed by atoms with E-state index in [0.717, 1.165) is 5.56 Å². The number of amides is 1. The van der Waals surface area contributed by atoms with Gasteiger partial charge in [-0.1, -0.05) is 11.2 Å². The molecular weight excluding hydrogens is 310 g/mol. The average Bonchev–Trinajstić information content (AvgIpc) is 2.48. The molecule has 2 rings (SSSR count). The second-order valence-electron chi connectivity index (χ2n) is 6.91. The number of oxime groups is 1. The van der Waals surface area contributed by atoms with Gasteiger partial charge in [0, 0.05) is 32.5 Å². The molecule has 0 bridgehead atoms. The molecule has 1 atom stereocenters. The molecule has 3 N–H and O–H groups in total. The topological polar surface area (TPSA) is 104 Å². The van der Waals surface area contributed by atoms with Gasteiger partial charge in [-0.25, -0.2) is 4.79 Å². The molecule has 0 radical (unpaired) electrons. The minimum Gasteiger partial charge on any atom is -0.444 e. The molecule has 8 heteroatoms. The van der Waals surface area contributed by atoms with E-state index in [0.29, 0.717) is 13.1 Å². The van der Waals surface area contributed by atoms with E-state index < -0.39 is 5.60 Å². The summed E-state index contributed by atoms with van der Waals surface area (Å²) in [6.07, 6.45) is 3.00. The van der Waals surface area contributed by atoms with Gasteiger partial charge in [-0.2, -0.15) is 0 Å². The third-order valence-electron chi connectivity index (χ3n) is 3.88. The fourth-order valence-corrected chi connectivity index (χ4v) is 2.59. The normalized spacial score (nSPS) is 17.9. The SMILES string of the molecule is CN(C(=O)OC(C)(C)C)C1CN([C@@H](C(N)=NO)c2cccnc2)C1. The van der Waals surface area contributed by atoms with E-state index in [9.17, 15) is 4.79 Å². The number of rotatable bonds is 4. The molecule has 0 aromatic carbocycles. The fourth-order valence-electron chi connectivity index (χ4n) is 2.59. The Morgan fingerprint density at radius 3 is 2.71 bits per heavy atom. The van der Waals surface area contributed by atoms with Crippen LogP contribution in [0.4, 0.5) is 4.79 Å². The first-order valence-electron chi connectivity index (χ1n) is 7.80. The van der Waals surface area contributed by atoms with E-state index in [1.54, 1.807) is 30.4 Å². The molecule has 1 saturated heterocycles. The molecule has 0 spiro atoms. The molecule has 24 heavy (non-hydrogen) atoms. The second-order valence-corrected chi connectivity index (χ2v) is 6.91. The highest BCUT2D eigenvalue weighted by atomic mass is 16.6. The first kappa shape index (κ1) is 18.0. The number of pyridine rings is 1. The Morgan fingerprint density at radius 1 is 1.54 bits per heavy atom. The highest BCUT2D eigenvalue weighted by Gasteiger charge is 2.39. The van der Waals surface area contributed by atoms with Crippen LogP contribution in [0.1, 0.15) is 32.4 Å². The molecule has 1 aromatic heterocycles. The van der Waals surface area contributed by atoms with Crippen LogP contribution >= 0.6 is 0 Å². The van der Waals surface area contributed by atoms with Crippen LogP contribution in [0, 0.1) is 0 Å². The minimum absolute atomic E-state index is 0.0190. The van der Waals surface area contributed by atoms with Gasteiger partial charge in [0.15, 0.2) is 5.84 Å². The zero-order valence-electron chi connectivity index (χ0n) is 14.5. The van der Waals surface area contributed by atoms with Crippen molar-refractivity contribution >= 4 is 11.9 Å². The Labute approximate surface area is 141 Å². The molecule has 1 amide bonds. The van der Waals surface area contributed by atoms with Gasteiger partial charge in [-0.05, 0) is 32.4 Å². The lowest BCUT2D eigenvalue weighted by Crippen LogP contribution is -2.62. The van der Waals surface area contributed by atoms with Gasteiger partial charge in [0.2, 0.25) is 0 Å². The van der Waals surface area contributed by atoms with Gasteiger partial charge in [0.05, 0.1) is 12.1 Å². The Morgan fingerprint density at radius 2 is 2.21 bits per heavy atom. The van der Waals surface area contributed by atoms with E-state index in [4.69, 9.17) is 15.7 Å². The molecule has 0 saturated carbocycles. The van der Waals surface area contributed by atoms with E-state index in [2.05, 4.69) is 10.1 Å². The van der Waals surface area contributed by atoms with Crippen LogP contribution in [-0.4, -0.2) is 63.7 Å². The Bertz CT molecular complexity index is 593. The highest BCUT2D eigenvalue weighted by Crippen LogP contribution is 2.28. The van der Waals surface area contributed by atoms with Crippen molar-refractivity contribution in [2.45, 2.75) is 38.5 Å². The van der Waals surface area contributed by atoms with Crippen molar-refractivity contribution in [2.24, 2.45) is 10.9 Å². The van der Waals surface area contributed by atoms with Gasteiger partial charge in [0.25, 0.3) is 0 Å². The summed E-state index contributed by atoms with van der Waals surface area (Å²) in [5.74, 6) is 0.0985. The summed E-state index contributed by atoms with van der Waals surface area (Å²) in [5.41, 5.74) is 6.16. The van der Waals surface area contributed by atoms with Crippen molar-refractivity contribution in [1.82, 2.24) is 14.8 Å². The number of ether oxygens (including phenoxy) is 1. The van der Waals surface area contributed by atoms with Crippen LogP contribution in [0.3, 0.4) is 0 Å². The maximum Gasteiger partial charge on any atom is 0.410 e. The van der Waals surface area contributed by atoms with Gasteiger partial charge in [0.1, 0.15) is 5.60 Å². The molecule has 1 aromatic rings. The van der Waals surface area contributed by atoms with Crippen LogP contribution < -0.4 is 5.73 Å². The lowest BCUT2D eigenvalue weighted by Gasteiger charge is -2.47. The summed E-state index contributed by atoms with van der Waals surface area (Å²) in [4.78, 5) is 19.8. The van der Waals surface area contributed by atoms with Crippen LogP contribution in [0.2, 0.25) is 0 Å². The maximum atomic E-state index is 12.1. The van der Waals surface area contributed by atoms with Gasteiger partial charge >= 0.3 is 6.09 Å². The van der Waals surface area contributed by atoms with Crippen molar-refractivity contribution in [3.8, 4) is 0 Å². The summed E-state index contributed by atoms with van der Waals surface area (Å²) in [7, 11) is 1.72. The predicted molar refractivity (Wildman–Crippen MR) is 89.7 cm³/mol. The molecule has 0 aliphatic carbocycles. The predicted octanol–water partition coefficient (Wildman–Crippen LogP) is 1.42. The quantitative estimate of drug-likeness (QED) is 0.373. The summed E-state index contributed by atoms with van der Waals surface area (Å²) in [6, 6.07) is 3.33. The van der Waals surface area contributed by atoms with Crippen LogP contribution in [0.15, 0.2) is 29.7 Å². The number of carbonyl (C=O) groups excluding carboxylic acids is 1. The summed E-state index contributed by atoms with van der Waals surface area (Å²) in [6.45, 7) is 6.71. The zero-order chi connectivity index (χ0) is 17.9. The van der Waals surface area contributed by atoms with Crippen LogP contribution in [0.5, 0.6) is 0 Å². The number of carbonyl (C=O) groups is 1. The standard InChI is InChI=1S/C16H25N5O3/c1-16(2,3)24-15(22)20(4)12-9-21(10-12)13(14(17)19-23)11-6-5-7-18-8-11/h5-8,12-13,23H,9-10H2,1-4H3,(H2,17,19)/t13-/m1/s1. The Balaban J connectivity index is 2.02. The summed E-state index contributed by atoms with van der Waals surface area (Å²) < 4.78 is 5.38. The van der Waals surface area contributed by atoms with Gasteiger partial charge in [-0.15, -0.1) is 0 Å². The van der Waals surface area contributed by atoms with E-state index in [1.165, 1.54) is 0 Å². The third-order valence-corrected chi connectivity index (χ3v) is 3.88. The number of likely N-dealkylation sites (tertiary alicyclic amines) is 1. The molecule has 2 heterocycles. The largest absolute Gasteiger partial charge is 0.444 e. The maximum absolute atomic E-state index is 12.1. The first-order valence-corrected chi connectivity index (χ1v) is 7.80. The lowest BCUT2D eigenvalue weighted by atomic mass is 9.99. The molecule has 0 unspecified atom stereocenters. The summed E-state index contributed by atoms with van der Waals surface area (Å²) in [5, 5.41) is 12.2. The second kappa shape index (κ2) is 7.04. The van der Waals surface area contributed by atoms with E-state index >= 15 is 0 Å². The average molecular weight is 335 g/mol. The molecule has 1 fully saturated rings. The van der Waals surface area contributed by atoms with Crippen molar-refractivity contribution in [2.75, 3.05) is 20.1 Å². The van der Waals surface area contributed by atoms with Crippen molar-refractivity contribution < 1.29 is 14.7 Å². The first-order chi connectivity index (χ1) is 11.2. The van der Waals surface area contributed by atoms with Gasteiger partial charge in [-0.3, -0.25) is 9.88 Å². The third kappa shape index (κ3) is 4.14. The van der Waals surface area contributed by atoms with Crippen molar-refractivity contribution in [3.63, 3.8) is 0 Å². The Kier molecular flexibility index (Phi) is 5.28.